The van der Waals surface area contributed by atoms with Crippen LogP contribution in [0.25, 0.3) is 21.8 Å². The molecule has 4 rings (SSSR count). The van der Waals surface area contributed by atoms with Crippen LogP contribution in [0, 0.1) is 0 Å². The molecule has 0 aliphatic rings. The van der Waals surface area contributed by atoms with E-state index in [0.717, 1.165) is 16.5 Å². The number of benzene rings is 2. The summed E-state index contributed by atoms with van der Waals surface area (Å²) < 4.78 is 0. The average Bonchev–Trinajstić information content (AvgIpc) is 3.15. The SMILES string of the molecule is NC(=O)Cc1c[nH]c2ccccc12.c1ccc2[nH]ccc2c1. The lowest BCUT2D eigenvalue weighted by atomic mass is 10.1. The minimum Gasteiger partial charge on any atom is -0.369 e. The van der Waals surface area contributed by atoms with E-state index in [1.54, 1.807) is 0 Å². The van der Waals surface area contributed by atoms with Crippen LogP contribution in [-0.4, -0.2) is 15.9 Å². The fourth-order valence-electron chi connectivity index (χ4n) is 2.46. The number of aromatic amines is 2. The topological polar surface area (TPSA) is 74.7 Å². The minimum absolute atomic E-state index is 0.296. The molecule has 0 aliphatic heterocycles. The number of fused-ring (bicyclic) bond motifs is 2. The predicted octanol–water partition coefficient (Wildman–Crippen LogP) is 3.36. The summed E-state index contributed by atoms with van der Waals surface area (Å²) in [6, 6.07) is 18.1. The number of hydrogen-bond acceptors (Lipinski definition) is 1. The number of amides is 1. The quantitative estimate of drug-likeness (QED) is 0.520. The van der Waals surface area contributed by atoms with Crippen LogP contribution in [0.4, 0.5) is 0 Å². The molecule has 0 saturated heterocycles. The third-order valence-electron chi connectivity index (χ3n) is 3.50. The van der Waals surface area contributed by atoms with E-state index < -0.39 is 0 Å². The van der Waals surface area contributed by atoms with Gasteiger partial charge in [0.15, 0.2) is 0 Å². The maximum Gasteiger partial charge on any atom is 0.221 e. The highest BCUT2D eigenvalue weighted by Gasteiger charge is 2.04. The van der Waals surface area contributed by atoms with Crippen LogP contribution in [0.5, 0.6) is 0 Å². The molecule has 4 heteroatoms. The van der Waals surface area contributed by atoms with E-state index in [1.165, 1.54) is 10.9 Å². The van der Waals surface area contributed by atoms with E-state index in [-0.39, 0.29) is 5.91 Å². The van der Waals surface area contributed by atoms with E-state index in [4.69, 9.17) is 5.73 Å². The first kappa shape index (κ1) is 13.9. The number of aromatic nitrogens is 2. The Hall–Kier alpha value is -3.01. The molecular weight excluding hydrogens is 274 g/mol. The zero-order valence-electron chi connectivity index (χ0n) is 12.0. The fourth-order valence-corrected chi connectivity index (χ4v) is 2.46. The van der Waals surface area contributed by atoms with Gasteiger partial charge in [-0.25, -0.2) is 0 Å². The number of carbonyl (C=O) groups excluding carboxylic acids is 1. The lowest BCUT2D eigenvalue weighted by molar-refractivity contribution is -0.117. The van der Waals surface area contributed by atoms with Crippen LogP contribution in [0.1, 0.15) is 5.56 Å². The van der Waals surface area contributed by atoms with Crippen molar-refractivity contribution in [1.82, 2.24) is 9.97 Å². The van der Waals surface area contributed by atoms with E-state index in [1.807, 2.05) is 48.8 Å². The summed E-state index contributed by atoms with van der Waals surface area (Å²) >= 11 is 0. The molecule has 0 unspecified atom stereocenters. The van der Waals surface area contributed by atoms with Gasteiger partial charge in [0.05, 0.1) is 6.42 Å². The molecule has 2 aromatic carbocycles. The third-order valence-corrected chi connectivity index (χ3v) is 3.50. The number of nitrogens with two attached hydrogens (primary N) is 1. The van der Waals surface area contributed by atoms with Crippen molar-refractivity contribution in [2.75, 3.05) is 0 Å². The Morgan fingerprint density at radius 1 is 0.909 bits per heavy atom. The first-order valence-electron chi connectivity index (χ1n) is 7.09. The Labute approximate surface area is 128 Å². The van der Waals surface area contributed by atoms with Crippen molar-refractivity contribution in [1.29, 1.82) is 0 Å². The van der Waals surface area contributed by atoms with Gasteiger partial charge in [-0.05, 0) is 29.1 Å². The van der Waals surface area contributed by atoms with Crippen molar-refractivity contribution < 1.29 is 4.79 Å². The number of carbonyl (C=O) groups is 1. The lowest BCUT2D eigenvalue weighted by Crippen LogP contribution is -2.13. The molecule has 0 spiro atoms. The smallest absolute Gasteiger partial charge is 0.221 e. The van der Waals surface area contributed by atoms with Gasteiger partial charge >= 0.3 is 0 Å². The molecule has 1 amide bonds. The second kappa shape index (κ2) is 6.18. The summed E-state index contributed by atoms with van der Waals surface area (Å²) in [4.78, 5) is 16.9. The maximum absolute atomic E-state index is 10.7. The standard InChI is InChI=1S/C10H10N2O.C8H7N/c11-10(13)5-7-6-12-9-4-2-1-3-8(7)9;1-2-4-8-7(3-1)5-6-9-8/h1-4,6,12H,5H2,(H2,11,13);1-6,9H. The molecule has 2 heterocycles. The second-order valence-corrected chi connectivity index (χ2v) is 5.07. The first-order chi connectivity index (χ1) is 10.7. The van der Waals surface area contributed by atoms with Crippen molar-refractivity contribution >= 4 is 27.7 Å². The van der Waals surface area contributed by atoms with Crippen molar-refractivity contribution in [3.8, 4) is 0 Å². The van der Waals surface area contributed by atoms with Gasteiger partial charge in [-0.1, -0.05) is 36.4 Å². The Bertz CT molecular complexity index is 874. The summed E-state index contributed by atoms with van der Waals surface area (Å²) in [5.74, 6) is -0.301. The predicted molar refractivity (Wildman–Crippen MR) is 89.5 cm³/mol. The molecule has 4 aromatic rings. The molecule has 0 atom stereocenters. The van der Waals surface area contributed by atoms with Gasteiger partial charge in [0, 0.05) is 28.8 Å². The van der Waals surface area contributed by atoms with E-state index in [9.17, 15) is 4.79 Å². The van der Waals surface area contributed by atoms with Crippen molar-refractivity contribution in [3.05, 3.63) is 72.6 Å². The van der Waals surface area contributed by atoms with Crippen LogP contribution >= 0.6 is 0 Å². The van der Waals surface area contributed by atoms with E-state index >= 15 is 0 Å². The Balaban J connectivity index is 0.000000139. The van der Waals surface area contributed by atoms with Gasteiger partial charge in [-0.3, -0.25) is 4.79 Å². The highest BCUT2D eigenvalue weighted by atomic mass is 16.1. The number of H-pyrrole nitrogens is 2. The summed E-state index contributed by atoms with van der Waals surface area (Å²) in [6.07, 6.45) is 4.07. The van der Waals surface area contributed by atoms with Gasteiger partial charge in [-0.15, -0.1) is 0 Å². The van der Waals surface area contributed by atoms with E-state index in [2.05, 4.69) is 28.2 Å². The van der Waals surface area contributed by atoms with E-state index in [0.29, 0.717) is 6.42 Å². The number of hydrogen-bond donors (Lipinski definition) is 3. The van der Waals surface area contributed by atoms with Crippen LogP contribution in [0.3, 0.4) is 0 Å². The molecule has 0 radical (unpaired) electrons. The lowest BCUT2D eigenvalue weighted by Gasteiger charge is -1.93. The fraction of sp³-hybridized carbons (Fsp3) is 0.0556. The largest absolute Gasteiger partial charge is 0.369 e. The Morgan fingerprint density at radius 3 is 2.41 bits per heavy atom. The van der Waals surface area contributed by atoms with Gasteiger partial charge in [0.2, 0.25) is 5.91 Å². The molecule has 0 bridgehead atoms. The summed E-state index contributed by atoms with van der Waals surface area (Å²) in [5.41, 5.74) is 8.33. The van der Waals surface area contributed by atoms with Gasteiger partial charge in [0.25, 0.3) is 0 Å². The zero-order chi connectivity index (χ0) is 15.4. The van der Waals surface area contributed by atoms with Crippen LogP contribution in [-0.2, 0) is 11.2 Å². The Kier molecular flexibility index (Phi) is 3.92. The summed E-state index contributed by atoms with van der Waals surface area (Å²) in [5, 5.41) is 2.35. The molecular formula is C18H17N3O. The van der Waals surface area contributed by atoms with Crippen molar-refractivity contribution in [2.24, 2.45) is 5.73 Å². The number of para-hydroxylation sites is 2. The third kappa shape index (κ3) is 3.01. The number of rotatable bonds is 2. The monoisotopic (exact) mass is 291 g/mol. The number of primary amides is 1. The van der Waals surface area contributed by atoms with Gasteiger partial charge < -0.3 is 15.7 Å². The van der Waals surface area contributed by atoms with Crippen LogP contribution in [0.2, 0.25) is 0 Å². The molecule has 0 aliphatic carbocycles. The summed E-state index contributed by atoms with van der Waals surface area (Å²) in [6.45, 7) is 0. The minimum atomic E-state index is -0.301. The average molecular weight is 291 g/mol. The molecule has 4 nitrogen and oxygen atoms in total. The zero-order valence-corrected chi connectivity index (χ0v) is 12.0. The normalized spacial score (nSPS) is 10.4. The Morgan fingerprint density at radius 2 is 1.64 bits per heavy atom. The van der Waals surface area contributed by atoms with Gasteiger partial charge in [0.1, 0.15) is 0 Å². The first-order valence-corrected chi connectivity index (χ1v) is 7.09. The van der Waals surface area contributed by atoms with Crippen LogP contribution in [0.15, 0.2) is 67.0 Å². The molecule has 110 valence electrons. The molecule has 0 saturated carbocycles. The number of nitrogens with one attached hydrogen (secondary N) is 2. The highest BCUT2D eigenvalue weighted by Crippen LogP contribution is 2.17. The van der Waals surface area contributed by atoms with Crippen molar-refractivity contribution in [3.63, 3.8) is 0 Å². The molecule has 4 N–H and O–H groups in total. The van der Waals surface area contributed by atoms with Crippen LogP contribution < -0.4 is 5.73 Å². The molecule has 2 aromatic heterocycles. The molecule has 0 fully saturated rings. The van der Waals surface area contributed by atoms with Gasteiger partial charge in [-0.2, -0.15) is 0 Å². The molecule has 22 heavy (non-hydrogen) atoms. The second-order valence-electron chi connectivity index (χ2n) is 5.07. The highest BCUT2D eigenvalue weighted by molar-refractivity contribution is 5.88. The maximum atomic E-state index is 10.7. The summed E-state index contributed by atoms with van der Waals surface area (Å²) in [7, 11) is 0. The van der Waals surface area contributed by atoms with Crippen molar-refractivity contribution in [2.45, 2.75) is 6.42 Å².